The third-order valence-corrected chi connectivity index (χ3v) is 12.3. The summed E-state index contributed by atoms with van der Waals surface area (Å²) in [5, 5.41) is 11.7. The zero-order valence-corrected chi connectivity index (χ0v) is 35.4. The Kier molecular flexibility index (Phi) is 11.7. The van der Waals surface area contributed by atoms with Crippen LogP contribution in [0.5, 0.6) is 0 Å². The zero-order valence-electron chi connectivity index (χ0n) is 34.5. The molecule has 1 aliphatic rings. The summed E-state index contributed by atoms with van der Waals surface area (Å²) < 4.78 is 3.77. The Balaban J connectivity index is 0.000000928. The van der Waals surface area contributed by atoms with E-state index in [0.717, 1.165) is 5.69 Å². The number of thiophene rings is 1. The molecule has 0 amide bonds. The second-order valence-electron chi connectivity index (χ2n) is 14.6. The van der Waals surface area contributed by atoms with Crippen molar-refractivity contribution in [2.45, 2.75) is 46.8 Å². The van der Waals surface area contributed by atoms with Gasteiger partial charge in [-0.25, -0.2) is 0 Å². The molecular formula is C55H51N3S. The summed E-state index contributed by atoms with van der Waals surface area (Å²) in [6.45, 7) is 13.6. The predicted molar refractivity (Wildman–Crippen MR) is 258 cm³/mol. The highest BCUT2D eigenvalue weighted by molar-refractivity contribution is 7.21. The van der Waals surface area contributed by atoms with Crippen molar-refractivity contribution in [2.75, 3.05) is 5.32 Å². The van der Waals surface area contributed by atoms with E-state index in [1.54, 1.807) is 6.08 Å². The van der Waals surface area contributed by atoms with E-state index in [-0.39, 0.29) is 12.2 Å². The monoisotopic (exact) mass is 785 g/mol. The lowest BCUT2D eigenvalue weighted by Gasteiger charge is -2.35. The van der Waals surface area contributed by atoms with Gasteiger partial charge in [0.1, 0.15) is 6.17 Å². The Morgan fingerprint density at radius 2 is 1.19 bits per heavy atom. The van der Waals surface area contributed by atoms with Crippen LogP contribution in [0.2, 0.25) is 0 Å². The van der Waals surface area contributed by atoms with Crippen LogP contribution in [0.3, 0.4) is 0 Å². The van der Waals surface area contributed by atoms with Gasteiger partial charge in [-0.2, -0.15) is 0 Å². The number of benzene rings is 7. The molecule has 0 saturated heterocycles. The number of fused-ring (bicyclic) bond motifs is 6. The van der Waals surface area contributed by atoms with Crippen LogP contribution in [-0.4, -0.2) is 4.57 Å². The topological polar surface area (TPSA) is 29.0 Å². The van der Waals surface area contributed by atoms with Crippen LogP contribution in [-0.2, 0) is 0 Å². The van der Waals surface area contributed by atoms with Gasteiger partial charge in [-0.15, -0.1) is 17.9 Å². The molecule has 292 valence electrons. The normalized spacial score (nSPS) is 14.6. The largest absolute Gasteiger partial charge is 0.366 e. The van der Waals surface area contributed by atoms with Crippen LogP contribution in [0, 0.1) is 6.92 Å². The van der Waals surface area contributed by atoms with Crippen LogP contribution in [0.4, 0.5) is 5.69 Å². The third kappa shape index (κ3) is 7.54. The minimum Gasteiger partial charge on any atom is -0.366 e. The molecular weight excluding hydrogens is 735 g/mol. The second kappa shape index (κ2) is 17.6. The highest BCUT2D eigenvalue weighted by Crippen LogP contribution is 2.44. The van der Waals surface area contributed by atoms with Crippen molar-refractivity contribution >= 4 is 55.0 Å². The van der Waals surface area contributed by atoms with Crippen molar-refractivity contribution in [2.24, 2.45) is 0 Å². The van der Waals surface area contributed by atoms with E-state index in [1.807, 2.05) is 32.1 Å². The summed E-state index contributed by atoms with van der Waals surface area (Å²) in [4.78, 5) is 1.33. The van der Waals surface area contributed by atoms with Gasteiger partial charge in [-0.05, 0) is 113 Å². The molecule has 7 aromatic carbocycles. The van der Waals surface area contributed by atoms with Crippen LogP contribution in [0.25, 0.3) is 65.9 Å². The molecule has 59 heavy (non-hydrogen) atoms. The maximum Gasteiger partial charge on any atom is 0.104 e. The summed E-state index contributed by atoms with van der Waals surface area (Å²) in [5.74, 6) is 0. The molecule has 2 N–H and O–H groups in total. The maximum absolute atomic E-state index is 3.94. The SMILES string of the molecule is C/C=C\c1sc2c(ccc3c2c2cc(-c4ccc(C5Nc6ccccc6C(c6ccc(-c7ccccc7)cc6)N5)cc4)ccc2n3-c2ccccc2)c1C.C=CC.CC. The van der Waals surface area contributed by atoms with Crippen molar-refractivity contribution in [1.29, 1.82) is 0 Å². The smallest absolute Gasteiger partial charge is 0.104 e. The number of allylic oxidation sites excluding steroid dienone is 2. The van der Waals surface area contributed by atoms with E-state index in [2.05, 4.69) is 212 Å². The fourth-order valence-electron chi connectivity index (χ4n) is 8.30. The lowest BCUT2D eigenvalue weighted by Crippen LogP contribution is -2.37. The predicted octanol–water partition coefficient (Wildman–Crippen LogP) is 15.7. The minimum atomic E-state index is -0.0409. The Morgan fingerprint density at radius 1 is 0.610 bits per heavy atom. The first-order valence-corrected chi connectivity index (χ1v) is 21.5. The molecule has 0 fully saturated rings. The Morgan fingerprint density at radius 3 is 1.88 bits per heavy atom. The molecule has 0 spiro atoms. The van der Waals surface area contributed by atoms with E-state index in [9.17, 15) is 0 Å². The molecule has 2 atom stereocenters. The average molecular weight is 786 g/mol. The van der Waals surface area contributed by atoms with Gasteiger partial charge in [0.15, 0.2) is 0 Å². The number of nitrogens with one attached hydrogen (secondary N) is 2. The first kappa shape index (κ1) is 39.4. The van der Waals surface area contributed by atoms with Crippen LogP contribution < -0.4 is 10.6 Å². The lowest BCUT2D eigenvalue weighted by atomic mass is 9.92. The van der Waals surface area contributed by atoms with Crippen molar-refractivity contribution in [3.8, 4) is 27.9 Å². The van der Waals surface area contributed by atoms with Crippen molar-refractivity contribution < 1.29 is 0 Å². The van der Waals surface area contributed by atoms with Crippen molar-refractivity contribution in [1.82, 2.24) is 9.88 Å². The van der Waals surface area contributed by atoms with Crippen LogP contribution in [0.15, 0.2) is 183 Å². The molecule has 0 bridgehead atoms. The summed E-state index contributed by atoms with van der Waals surface area (Å²) in [7, 11) is 0. The lowest BCUT2D eigenvalue weighted by molar-refractivity contribution is 0.506. The molecule has 9 aromatic rings. The molecule has 10 rings (SSSR count). The van der Waals surface area contributed by atoms with E-state index < -0.39 is 0 Å². The minimum absolute atomic E-state index is 0.0409. The molecule has 1 aliphatic heterocycles. The number of aryl methyl sites for hydroxylation is 1. The zero-order chi connectivity index (χ0) is 40.9. The Hall–Kier alpha value is -6.46. The number of para-hydroxylation sites is 2. The maximum atomic E-state index is 3.94. The highest BCUT2D eigenvalue weighted by Gasteiger charge is 2.28. The van der Waals surface area contributed by atoms with E-state index in [4.69, 9.17) is 0 Å². The van der Waals surface area contributed by atoms with E-state index in [0.29, 0.717) is 0 Å². The standard InChI is InChI=1S/C50H39N3S.C3H6.C2H6/c1-3-12-46-32(2)40-28-30-45-47(49(40)54-46)42-31-38(27-29-44(42)53(45)39-15-8-5-9-16-39)35-21-25-37(26-22-35)50-51-43-18-11-10-17-41(43)48(52-50)36-23-19-34(20-24-36)33-13-6-4-7-14-33;1-3-2;1-2/h3-31,48,50-52H,1-2H3;3H,1H2,2H3;1-2H3/b12-3-;;. The number of hydrogen-bond donors (Lipinski definition) is 2. The fourth-order valence-corrected chi connectivity index (χ4v) is 9.64. The van der Waals surface area contributed by atoms with Crippen LogP contribution in [0.1, 0.15) is 67.0 Å². The quantitative estimate of drug-likeness (QED) is 0.164. The molecule has 0 saturated carbocycles. The fraction of sp³-hybridized carbons (Fsp3) is 0.127. The van der Waals surface area contributed by atoms with E-state index in [1.165, 1.54) is 87.0 Å². The number of hydrogen-bond acceptors (Lipinski definition) is 3. The number of nitrogens with zero attached hydrogens (tertiary/aromatic N) is 1. The number of rotatable bonds is 6. The molecule has 3 heterocycles. The van der Waals surface area contributed by atoms with Gasteiger partial charge in [0.2, 0.25) is 0 Å². The second-order valence-corrected chi connectivity index (χ2v) is 15.7. The van der Waals surface area contributed by atoms with Gasteiger partial charge < -0.3 is 9.88 Å². The average Bonchev–Trinajstić information content (AvgIpc) is 3.81. The molecule has 3 nitrogen and oxygen atoms in total. The molecule has 4 heteroatoms. The summed E-state index contributed by atoms with van der Waals surface area (Å²) in [6, 6.07) is 59.7. The number of anilines is 1. The third-order valence-electron chi connectivity index (χ3n) is 11.0. The number of aromatic nitrogens is 1. The molecule has 0 radical (unpaired) electrons. The van der Waals surface area contributed by atoms with Gasteiger partial charge >= 0.3 is 0 Å². The Labute approximate surface area is 353 Å². The van der Waals surface area contributed by atoms with Crippen molar-refractivity contribution in [3.05, 3.63) is 210 Å². The van der Waals surface area contributed by atoms with E-state index >= 15 is 0 Å². The van der Waals surface area contributed by atoms with Gasteiger partial charge in [0.25, 0.3) is 0 Å². The first-order chi connectivity index (χ1) is 29.1. The van der Waals surface area contributed by atoms with Gasteiger partial charge in [-0.1, -0.05) is 153 Å². The highest BCUT2D eigenvalue weighted by atomic mass is 32.1. The molecule has 2 aromatic heterocycles. The van der Waals surface area contributed by atoms with Crippen molar-refractivity contribution in [3.63, 3.8) is 0 Å². The van der Waals surface area contributed by atoms with Gasteiger partial charge in [0, 0.05) is 31.7 Å². The molecule has 0 aliphatic carbocycles. The van der Waals surface area contributed by atoms with Gasteiger partial charge in [0.05, 0.1) is 17.1 Å². The molecule has 2 unspecified atom stereocenters. The first-order valence-electron chi connectivity index (χ1n) is 20.7. The summed E-state index contributed by atoms with van der Waals surface area (Å²) in [5.41, 5.74) is 14.7. The summed E-state index contributed by atoms with van der Waals surface area (Å²) >= 11 is 1.90. The summed E-state index contributed by atoms with van der Waals surface area (Å²) in [6.07, 6.45) is 6.10. The van der Waals surface area contributed by atoms with Crippen LogP contribution >= 0.6 is 11.3 Å². The van der Waals surface area contributed by atoms with Gasteiger partial charge in [-0.3, -0.25) is 5.32 Å². The Bertz CT molecular complexity index is 2880.